The van der Waals surface area contributed by atoms with E-state index in [4.69, 9.17) is 0 Å². The fraction of sp³-hybridized carbons (Fsp3) is 0.400. The fourth-order valence-corrected chi connectivity index (χ4v) is 5.02. The Kier molecular flexibility index (Phi) is 6.64. The van der Waals surface area contributed by atoms with E-state index in [-0.39, 0.29) is 5.91 Å². The van der Waals surface area contributed by atoms with Crippen LogP contribution in [0.3, 0.4) is 0 Å². The van der Waals surface area contributed by atoms with Gasteiger partial charge in [-0.3, -0.25) is 4.79 Å². The quantitative estimate of drug-likeness (QED) is 0.674. The summed E-state index contributed by atoms with van der Waals surface area (Å²) in [6.45, 7) is 5.60. The number of piperazine rings is 1. The molecule has 3 rings (SSSR count). The molecule has 1 aliphatic rings. The summed E-state index contributed by atoms with van der Waals surface area (Å²) in [6, 6.07) is 7.16. The number of hydrogen-bond acceptors (Lipinski definition) is 5. The largest absolute Gasteiger partial charge is 0.337 e. The molecule has 2 aromatic rings. The topological polar surface area (TPSA) is 70.6 Å². The predicted molar refractivity (Wildman–Crippen MR) is 112 cm³/mol. The van der Waals surface area contributed by atoms with Gasteiger partial charge in [-0.05, 0) is 36.1 Å². The third-order valence-corrected chi connectivity index (χ3v) is 7.72. The van der Waals surface area contributed by atoms with E-state index in [1.165, 1.54) is 21.7 Å². The molecule has 1 atom stereocenters. The third-order valence-electron chi connectivity index (χ3n) is 5.07. The Labute approximate surface area is 170 Å². The van der Waals surface area contributed by atoms with Gasteiger partial charge in [0.25, 0.3) is 0 Å². The first-order chi connectivity index (χ1) is 13.4. The number of nitrogens with zero attached hydrogens (tertiary/aromatic N) is 3. The van der Waals surface area contributed by atoms with Gasteiger partial charge in [0.1, 0.15) is 5.01 Å². The Bertz CT molecular complexity index is 914. The zero-order valence-corrected chi connectivity index (χ0v) is 17.7. The van der Waals surface area contributed by atoms with Gasteiger partial charge in [0.05, 0.1) is 4.90 Å². The van der Waals surface area contributed by atoms with E-state index in [1.54, 1.807) is 29.3 Å². The smallest absolute Gasteiger partial charge is 0.246 e. The summed E-state index contributed by atoms with van der Waals surface area (Å²) < 4.78 is 27.3. The minimum absolute atomic E-state index is 0.120. The molecular weight excluding hydrogens is 394 g/mol. The van der Waals surface area contributed by atoms with Crippen molar-refractivity contribution < 1.29 is 13.2 Å². The van der Waals surface area contributed by atoms with Crippen LogP contribution in [-0.2, 0) is 14.8 Å². The SMILES string of the molecule is CCC(C)c1ccc(S(=O)(=O)N2CCN(C(=O)/C=C/c3nccs3)CC2)cc1. The van der Waals surface area contributed by atoms with Crippen LogP contribution < -0.4 is 0 Å². The van der Waals surface area contributed by atoms with E-state index >= 15 is 0 Å². The molecule has 1 amide bonds. The lowest BCUT2D eigenvalue weighted by Gasteiger charge is -2.33. The number of amides is 1. The van der Waals surface area contributed by atoms with Crippen LogP contribution in [-0.4, -0.2) is 54.7 Å². The molecule has 0 radical (unpaired) electrons. The second-order valence-corrected chi connectivity index (χ2v) is 9.68. The first-order valence-corrected chi connectivity index (χ1v) is 11.7. The van der Waals surface area contributed by atoms with Gasteiger partial charge >= 0.3 is 0 Å². The Hall–Kier alpha value is -2.03. The van der Waals surface area contributed by atoms with Crippen molar-refractivity contribution in [2.24, 2.45) is 0 Å². The molecule has 6 nitrogen and oxygen atoms in total. The molecule has 0 bridgehead atoms. The molecule has 0 spiro atoms. The summed E-state index contributed by atoms with van der Waals surface area (Å²) in [5.74, 6) is 0.286. The van der Waals surface area contributed by atoms with Crippen molar-refractivity contribution in [2.45, 2.75) is 31.1 Å². The lowest BCUT2D eigenvalue weighted by atomic mass is 9.99. The minimum Gasteiger partial charge on any atom is -0.337 e. The number of hydrogen-bond donors (Lipinski definition) is 0. The fourth-order valence-electron chi connectivity index (χ4n) is 3.07. The van der Waals surface area contributed by atoms with Crippen LogP contribution >= 0.6 is 11.3 Å². The average molecular weight is 420 g/mol. The van der Waals surface area contributed by atoms with Gasteiger partial charge in [-0.2, -0.15) is 4.31 Å². The summed E-state index contributed by atoms with van der Waals surface area (Å²) in [6.07, 6.45) is 5.89. The maximum atomic E-state index is 12.9. The number of aromatic nitrogens is 1. The van der Waals surface area contributed by atoms with Crippen LogP contribution in [0.15, 0.2) is 46.8 Å². The third kappa shape index (κ3) is 4.68. The van der Waals surface area contributed by atoms with Crippen LogP contribution in [0.25, 0.3) is 6.08 Å². The second-order valence-electron chi connectivity index (χ2n) is 6.81. The van der Waals surface area contributed by atoms with E-state index in [0.29, 0.717) is 37.0 Å². The van der Waals surface area contributed by atoms with Crippen LogP contribution in [0.5, 0.6) is 0 Å². The summed E-state index contributed by atoms with van der Waals surface area (Å²) >= 11 is 1.46. The highest BCUT2D eigenvalue weighted by Crippen LogP contribution is 2.23. The van der Waals surface area contributed by atoms with Gasteiger partial charge in [-0.1, -0.05) is 26.0 Å². The van der Waals surface area contributed by atoms with Crippen molar-refractivity contribution in [3.8, 4) is 0 Å². The van der Waals surface area contributed by atoms with Crippen molar-refractivity contribution in [3.05, 3.63) is 52.5 Å². The zero-order valence-electron chi connectivity index (χ0n) is 16.1. The molecule has 1 aromatic heterocycles. The molecule has 0 aliphatic carbocycles. The number of benzene rings is 1. The maximum Gasteiger partial charge on any atom is 0.246 e. The Morgan fingerprint density at radius 3 is 2.46 bits per heavy atom. The summed E-state index contributed by atoms with van der Waals surface area (Å²) in [7, 11) is -3.54. The molecule has 0 N–H and O–H groups in total. The number of carbonyl (C=O) groups is 1. The molecule has 1 fully saturated rings. The van der Waals surface area contributed by atoms with E-state index in [1.807, 2.05) is 17.5 Å². The van der Waals surface area contributed by atoms with Crippen molar-refractivity contribution in [2.75, 3.05) is 26.2 Å². The molecule has 2 heterocycles. The summed E-state index contributed by atoms with van der Waals surface area (Å²) in [5, 5.41) is 2.62. The molecular formula is C20H25N3O3S2. The number of thiazole rings is 1. The van der Waals surface area contributed by atoms with Crippen LogP contribution in [0, 0.1) is 0 Å². The van der Waals surface area contributed by atoms with Crippen molar-refractivity contribution in [1.82, 2.24) is 14.2 Å². The van der Waals surface area contributed by atoms with E-state index in [9.17, 15) is 13.2 Å². The van der Waals surface area contributed by atoms with Gasteiger partial charge in [0.15, 0.2) is 0 Å². The van der Waals surface area contributed by atoms with Crippen molar-refractivity contribution in [1.29, 1.82) is 0 Å². The normalized spacial score (nSPS) is 17.1. The highest BCUT2D eigenvalue weighted by molar-refractivity contribution is 7.89. The van der Waals surface area contributed by atoms with Gasteiger partial charge in [-0.25, -0.2) is 13.4 Å². The monoisotopic (exact) mass is 419 g/mol. The average Bonchev–Trinajstić information content (AvgIpc) is 3.25. The Morgan fingerprint density at radius 2 is 1.89 bits per heavy atom. The Balaban J connectivity index is 1.61. The van der Waals surface area contributed by atoms with Crippen molar-refractivity contribution >= 4 is 33.3 Å². The minimum atomic E-state index is -3.54. The first kappa shape index (κ1) is 20.7. The molecule has 1 aromatic carbocycles. The molecule has 0 saturated carbocycles. The second kappa shape index (κ2) is 8.98. The highest BCUT2D eigenvalue weighted by atomic mass is 32.2. The predicted octanol–water partition coefficient (Wildman–Crippen LogP) is 3.20. The van der Waals surface area contributed by atoms with Gasteiger partial charge < -0.3 is 4.90 Å². The molecule has 28 heavy (non-hydrogen) atoms. The molecule has 8 heteroatoms. The summed E-state index contributed by atoms with van der Waals surface area (Å²) in [5.41, 5.74) is 1.14. The van der Waals surface area contributed by atoms with Crippen LogP contribution in [0.4, 0.5) is 0 Å². The molecule has 150 valence electrons. The maximum absolute atomic E-state index is 12.9. The summed E-state index contributed by atoms with van der Waals surface area (Å²) in [4.78, 5) is 18.4. The lowest BCUT2D eigenvalue weighted by molar-refractivity contribution is -0.127. The van der Waals surface area contributed by atoms with Crippen molar-refractivity contribution in [3.63, 3.8) is 0 Å². The lowest BCUT2D eigenvalue weighted by Crippen LogP contribution is -2.50. The van der Waals surface area contributed by atoms with E-state index in [0.717, 1.165) is 17.0 Å². The zero-order chi connectivity index (χ0) is 20.1. The standard InChI is InChI=1S/C20H25N3O3S2/c1-3-16(2)17-4-6-18(7-5-17)28(25,26)23-13-11-22(12-14-23)20(24)9-8-19-21-10-15-27-19/h4-10,15-16H,3,11-14H2,1-2H3/b9-8+. The number of carbonyl (C=O) groups excluding carboxylic acids is 1. The van der Waals surface area contributed by atoms with Gasteiger partial charge in [0.2, 0.25) is 15.9 Å². The van der Waals surface area contributed by atoms with Gasteiger partial charge in [-0.15, -0.1) is 11.3 Å². The van der Waals surface area contributed by atoms with E-state index in [2.05, 4.69) is 18.8 Å². The van der Waals surface area contributed by atoms with Crippen LogP contribution in [0.1, 0.15) is 36.8 Å². The Morgan fingerprint density at radius 1 is 1.21 bits per heavy atom. The highest BCUT2D eigenvalue weighted by Gasteiger charge is 2.29. The van der Waals surface area contributed by atoms with Crippen LogP contribution in [0.2, 0.25) is 0 Å². The molecule has 1 unspecified atom stereocenters. The van der Waals surface area contributed by atoms with E-state index < -0.39 is 10.0 Å². The molecule has 1 aliphatic heterocycles. The number of rotatable bonds is 6. The first-order valence-electron chi connectivity index (χ1n) is 9.38. The van der Waals surface area contributed by atoms with Gasteiger partial charge in [0, 0.05) is 43.8 Å². The number of sulfonamides is 1. The molecule has 1 saturated heterocycles.